The Balaban J connectivity index is 1.54. The average Bonchev–Trinajstić information content (AvgIpc) is 3.06. The standard InChI is InChI=1S/C23H12ClN4O5/c24-21-25-10-26-22(28-21)27-11-1-4-15-14(7-11)20(31)33-23(15)16-5-2-12(29)8-18(16)32-19-9-13(30)3-6-17(19)23/h1-9,29-30H,(H,25,26,27,28). The first-order chi connectivity index (χ1) is 15.9. The summed E-state index contributed by atoms with van der Waals surface area (Å²) in [5.74, 6) is 0.226. The van der Waals surface area contributed by atoms with Crippen LogP contribution in [0.15, 0.2) is 54.6 Å². The first kappa shape index (κ1) is 19.3. The number of phenolic OH excluding ortho intramolecular Hbond substituents is 2. The number of rotatable bonds is 2. The molecule has 1 radical (unpaired) electrons. The van der Waals surface area contributed by atoms with E-state index in [9.17, 15) is 15.0 Å². The van der Waals surface area contributed by atoms with E-state index in [0.29, 0.717) is 39.4 Å². The summed E-state index contributed by atoms with van der Waals surface area (Å²) in [5.41, 5.74) is 1.21. The summed E-state index contributed by atoms with van der Waals surface area (Å²) in [5, 5.41) is 22.9. The predicted octanol–water partition coefficient (Wildman–Crippen LogP) is 4.05. The van der Waals surface area contributed by atoms with Crippen LogP contribution >= 0.6 is 11.6 Å². The van der Waals surface area contributed by atoms with E-state index in [1.54, 1.807) is 30.3 Å². The molecular formula is C23H12ClN4O5. The molecule has 0 saturated heterocycles. The number of aromatic hydroxyl groups is 2. The van der Waals surface area contributed by atoms with E-state index in [1.165, 1.54) is 24.3 Å². The van der Waals surface area contributed by atoms with Crippen LogP contribution < -0.4 is 10.1 Å². The summed E-state index contributed by atoms with van der Waals surface area (Å²) in [6, 6.07) is 14.3. The predicted molar refractivity (Wildman–Crippen MR) is 115 cm³/mol. The molecule has 0 bridgehead atoms. The van der Waals surface area contributed by atoms with Crippen LogP contribution in [0.2, 0.25) is 5.28 Å². The summed E-state index contributed by atoms with van der Waals surface area (Å²) < 4.78 is 12.0. The number of carbonyl (C=O) groups excluding carboxylic acids is 1. The van der Waals surface area contributed by atoms with E-state index in [2.05, 4.69) is 26.6 Å². The summed E-state index contributed by atoms with van der Waals surface area (Å²) in [6.45, 7) is 0. The number of carbonyl (C=O) groups is 1. The average molecular weight is 460 g/mol. The van der Waals surface area contributed by atoms with Crippen LogP contribution in [0.1, 0.15) is 27.0 Å². The summed E-state index contributed by atoms with van der Waals surface area (Å²) in [4.78, 5) is 24.6. The minimum absolute atomic E-state index is 0.00980. The quantitative estimate of drug-likeness (QED) is 0.380. The number of aromatic nitrogens is 3. The Bertz CT molecular complexity index is 1420. The lowest BCUT2D eigenvalue weighted by Crippen LogP contribution is -2.32. The number of nitrogens with zero attached hydrogens (tertiary/aromatic N) is 3. The lowest BCUT2D eigenvalue weighted by atomic mass is 9.77. The second-order valence-electron chi connectivity index (χ2n) is 7.45. The van der Waals surface area contributed by atoms with Gasteiger partial charge >= 0.3 is 5.97 Å². The van der Waals surface area contributed by atoms with E-state index in [1.807, 2.05) is 0 Å². The summed E-state index contributed by atoms with van der Waals surface area (Å²) >= 11 is 5.79. The van der Waals surface area contributed by atoms with Crippen molar-refractivity contribution in [3.63, 3.8) is 0 Å². The van der Waals surface area contributed by atoms with Gasteiger partial charge < -0.3 is 25.0 Å². The molecule has 0 atom stereocenters. The molecule has 3 aromatic carbocycles. The van der Waals surface area contributed by atoms with Crippen molar-refractivity contribution in [1.82, 2.24) is 15.0 Å². The lowest BCUT2D eigenvalue weighted by molar-refractivity contribution is 0.0224. The van der Waals surface area contributed by atoms with E-state index in [0.717, 1.165) is 0 Å². The van der Waals surface area contributed by atoms with Crippen molar-refractivity contribution in [3.8, 4) is 23.0 Å². The van der Waals surface area contributed by atoms with Gasteiger partial charge in [0.2, 0.25) is 17.6 Å². The molecule has 0 fully saturated rings. The molecule has 4 aromatic rings. The Morgan fingerprint density at radius 2 is 1.58 bits per heavy atom. The molecule has 6 rings (SSSR count). The number of fused-ring (bicyclic) bond motifs is 6. The van der Waals surface area contributed by atoms with Gasteiger partial charge in [0.1, 0.15) is 23.0 Å². The van der Waals surface area contributed by atoms with E-state index in [4.69, 9.17) is 21.1 Å². The fourth-order valence-electron chi connectivity index (χ4n) is 4.22. The van der Waals surface area contributed by atoms with Gasteiger partial charge in [-0.25, -0.2) is 4.79 Å². The summed E-state index contributed by atoms with van der Waals surface area (Å²) in [7, 11) is 0. The van der Waals surface area contributed by atoms with Crippen LogP contribution in [-0.4, -0.2) is 31.1 Å². The second-order valence-corrected chi connectivity index (χ2v) is 7.79. The number of halogens is 1. The van der Waals surface area contributed by atoms with Gasteiger partial charge in [0.15, 0.2) is 5.60 Å². The number of hydrogen-bond acceptors (Lipinski definition) is 9. The number of nitrogens with one attached hydrogen (secondary N) is 1. The van der Waals surface area contributed by atoms with Gasteiger partial charge in [-0.2, -0.15) is 15.0 Å². The number of esters is 1. The van der Waals surface area contributed by atoms with Crippen molar-refractivity contribution in [2.75, 3.05) is 5.32 Å². The molecule has 0 amide bonds. The maximum atomic E-state index is 13.1. The number of anilines is 2. The number of benzene rings is 3. The normalized spacial score (nSPS) is 14.6. The molecule has 2 aliphatic heterocycles. The highest BCUT2D eigenvalue weighted by atomic mass is 35.5. The van der Waals surface area contributed by atoms with Crippen molar-refractivity contribution in [1.29, 1.82) is 0 Å². The smallest absolute Gasteiger partial charge is 0.340 e. The van der Waals surface area contributed by atoms with Crippen molar-refractivity contribution in [2.45, 2.75) is 5.60 Å². The molecule has 0 unspecified atom stereocenters. The Kier molecular flexibility index (Phi) is 3.99. The number of hydrogen-bond donors (Lipinski definition) is 3. The molecule has 10 heteroatoms. The van der Waals surface area contributed by atoms with E-state index < -0.39 is 11.6 Å². The Labute approximate surface area is 191 Å². The topological polar surface area (TPSA) is 127 Å². The number of ether oxygens (including phenoxy) is 2. The van der Waals surface area contributed by atoms with Gasteiger partial charge in [-0.05, 0) is 48.0 Å². The maximum absolute atomic E-state index is 13.1. The van der Waals surface area contributed by atoms with Crippen LogP contribution in [0, 0.1) is 6.33 Å². The zero-order chi connectivity index (χ0) is 22.7. The molecule has 3 heterocycles. The van der Waals surface area contributed by atoms with E-state index >= 15 is 0 Å². The molecule has 3 N–H and O–H groups in total. The number of phenols is 2. The maximum Gasteiger partial charge on any atom is 0.340 e. The van der Waals surface area contributed by atoms with Gasteiger partial charge in [0.25, 0.3) is 0 Å². The minimum atomic E-state index is -1.32. The molecular weight excluding hydrogens is 448 g/mol. The van der Waals surface area contributed by atoms with Crippen molar-refractivity contribution in [2.24, 2.45) is 0 Å². The molecule has 0 aliphatic carbocycles. The first-order valence-corrected chi connectivity index (χ1v) is 10.1. The third-order valence-corrected chi connectivity index (χ3v) is 5.69. The third kappa shape index (κ3) is 2.86. The van der Waals surface area contributed by atoms with Gasteiger partial charge in [-0.3, -0.25) is 0 Å². The van der Waals surface area contributed by atoms with E-state index in [-0.39, 0.29) is 22.7 Å². The fraction of sp³-hybridized carbons (Fsp3) is 0.0435. The monoisotopic (exact) mass is 459 g/mol. The third-order valence-electron chi connectivity index (χ3n) is 5.53. The first-order valence-electron chi connectivity index (χ1n) is 9.71. The summed E-state index contributed by atoms with van der Waals surface area (Å²) in [6.07, 6.45) is 2.38. The molecule has 33 heavy (non-hydrogen) atoms. The fourth-order valence-corrected chi connectivity index (χ4v) is 4.34. The van der Waals surface area contributed by atoms with Crippen molar-refractivity contribution >= 4 is 29.2 Å². The van der Waals surface area contributed by atoms with Crippen LogP contribution in [0.5, 0.6) is 23.0 Å². The lowest BCUT2D eigenvalue weighted by Gasteiger charge is -2.36. The zero-order valence-electron chi connectivity index (χ0n) is 16.5. The second kappa shape index (κ2) is 6.81. The Morgan fingerprint density at radius 3 is 2.24 bits per heavy atom. The molecule has 1 aromatic heterocycles. The zero-order valence-corrected chi connectivity index (χ0v) is 17.3. The molecule has 9 nitrogen and oxygen atoms in total. The van der Waals surface area contributed by atoms with Gasteiger partial charge in [0, 0.05) is 34.5 Å². The largest absolute Gasteiger partial charge is 0.508 e. The van der Waals surface area contributed by atoms with Gasteiger partial charge in [0.05, 0.1) is 5.56 Å². The van der Waals surface area contributed by atoms with Gasteiger partial charge in [-0.15, -0.1) is 0 Å². The van der Waals surface area contributed by atoms with Crippen LogP contribution in [0.25, 0.3) is 0 Å². The highest BCUT2D eigenvalue weighted by Crippen LogP contribution is 2.57. The van der Waals surface area contributed by atoms with Crippen molar-refractivity contribution in [3.05, 3.63) is 88.5 Å². The molecule has 161 valence electrons. The highest BCUT2D eigenvalue weighted by molar-refractivity contribution is 6.28. The SMILES string of the molecule is O=C1OC2(c3ccc(O)cc3Oc3cc(O)ccc32)c2ccc(Nc3n[c]nc(Cl)n3)cc21. The van der Waals surface area contributed by atoms with Gasteiger partial charge in [-0.1, -0.05) is 6.07 Å². The minimum Gasteiger partial charge on any atom is -0.508 e. The van der Waals surface area contributed by atoms with Crippen LogP contribution in [-0.2, 0) is 10.3 Å². The highest BCUT2D eigenvalue weighted by Gasteiger charge is 2.53. The van der Waals surface area contributed by atoms with Crippen LogP contribution in [0.3, 0.4) is 0 Å². The molecule has 0 saturated carbocycles. The van der Waals surface area contributed by atoms with Crippen LogP contribution in [0.4, 0.5) is 11.6 Å². The Morgan fingerprint density at radius 1 is 0.909 bits per heavy atom. The van der Waals surface area contributed by atoms with Crippen molar-refractivity contribution < 1.29 is 24.5 Å². The Hall–Kier alpha value is -4.37. The molecule has 1 spiro atoms. The molecule has 2 aliphatic rings.